The molecule has 0 heterocycles. The van der Waals surface area contributed by atoms with Crippen molar-refractivity contribution < 1.29 is 14.7 Å². The highest BCUT2D eigenvalue weighted by Crippen LogP contribution is 2.39. The Labute approximate surface area is 150 Å². The maximum atomic E-state index is 8.92. The van der Waals surface area contributed by atoms with Crippen LogP contribution in [0.5, 0.6) is 5.75 Å². The highest BCUT2D eigenvalue weighted by Gasteiger charge is 2.13. The van der Waals surface area contributed by atoms with Crippen LogP contribution in [0.2, 0.25) is 0 Å². The summed E-state index contributed by atoms with van der Waals surface area (Å²) in [6.45, 7) is 0. The van der Waals surface area contributed by atoms with Crippen LogP contribution in [0, 0.1) is 0 Å². The van der Waals surface area contributed by atoms with Gasteiger partial charge in [-0.15, -0.1) is 0 Å². The second-order valence-corrected chi connectivity index (χ2v) is 6.44. The van der Waals surface area contributed by atoms with Gasteiger partial charge in [0.25, 0.3) is 0 Å². The van der Waals surface area contributed by atoms with Gasteiger partial charge >= 0.3 is 7.32 Å². The highest BCUT2D eigenvalue weighted by atomic mass is 16.6. The molecule has 2 N–H and O–H groups in total. The summed E-state index contributed by atoms with van der Waals surface area (Å²) in [4.78, 5) is 0. The molecule has 26 heavy (non-hydrogen) atoms. The minimum Gasteiger partial charge on any atom is -0.512 e. The largest absolute Gasteiger partial charge is 0.707 e. The Morgan fingerprint density at radius 1 is 0.615 bits per heavy atom. The Kier molecular flexibility index (Phi) is 3.35. The molecule has 3 nitrogen and oxygen atoms in total. The molecule has 0 atom stereocenters. The Morgan fingerprint density at radius 3 is 1.92 bits per heavy atom. The van der Waals surface area contributed by atoms with E-state index in [0.29, 0.717) is 5.75 Å². The fraction of sp³-hybridized carbons (Fsp3) is 0. The normalized spacial score (nSPS) is 11.5. The van der Waals surface area contributed by atoms with Crippen molar-refractivity contribution in [2.45, 2.75) is 0 Å². The minimum atomic E-state index is -1.81. The van der Waals surface area contributed by atoms with E-state index in [9.17, 15) is 0 Å². The van der Waals surface area contributed by atoms with Crippen LogP contribution in [0.1, 0.15) is 0 Å². The smallest absolute Gasteiger partial charge is 0.512 e. The second kappa shape index (κ2) is 5.73. The summed E-state index contributed by atoms with van der Waals surface area (Å²) in [5.74, 6) is 0.418. The van der Waals surface area contributed by atoms with Gasteiger partial charge in [0.15, 0.2) is 0 Å². The lowest BCUT2D eigenvalue weighted by atomic mass is 9.90. The number of rotatable bonds is 3. The molecule has 5 aromatic rings. The summed E-state index contributed by atoms with van der Waals surface area (Å²) >= 11 is 0. The van der Waals surface area contributed by atoms with Crippen LogP contribution in [-0.4, -0.2) is 17.4 Å². The third kappa shape index (κ3) is 2.31. The Bertz CT molecular complexity index is 1210. The van der Waals surface area contributed by atoms with E-state index < -0.39 is 7.32 Å². The van der Waals surface area contributed by atoms with Crippen molar-refractivity contribution in [1.29, 1.82) is 0 Å². The lowest BCUT2D eigenvalue weighted by Gasteiger charge is -2.14. The molecule has 0 aliphatic rings. The molecule has 0 fully saturated rings. The van der Waals surface area contributed by atoms with E-state index >= 15 is 0 Å². The van der Waals surface area contributed by atoms with Gasteiger partial charge in [0.05, 0.1) is 0 Å². The third-order valence-corrected chi connectivity index (χ3v) is 4.94. The average molecular weight is 338 g/mol. The summed E-state index contributed by atoms with van der Waals surface area (Å²) in [7, 11) is -1.81. The van der Waals surface area contributed by atoms with Gasteiger partial charge in [0.1, 0.15) is 5.75 Å². The van der Waals surface area contributed by atoms with E-state index in [1.165, 1.54) is 32.3 Å². The van der Waals surface area contributed by atoms with Crippen molar-refractivity contribution in [3.05, 3.63) is 78.9 Å². The highest BCUT2D eigenvalue weighted by molar-refractivity contribution is 6.33. The second-order valence-electron chi connectivity index (χ2n) is 6.44. The minimum absolute atomic E-state index is 0.418. The number of hydrogen-bond donors (Lipinski definition) is 2. The molecule has 5 rings (SSSR count). The summed E-state index contributed by atoms with van der Waals surface area (Å²) in [6, 6.07) is 26.8. The van der Waals surface area contributed by atoms with Crippen molar-refractivity contribution in [2.75, 3.05) is 0 Å². The maximum Gasteiger partial charge on any atom is 0.707 e. The lowest BCUT2D eigenvalue weighted by Crippen LogP contribution is -2.20. The first-order valence-corrected chi connectivity index (χ1v) is 8.50. The predicted octanol–water partition coefficient (Wildman–Crippen LogP) is 4.60. The van der Waals surface area contributed by atoms with E-state index in [1.807, 2.05) is 12.1 Å². The summed E-state index contributed by atoms with van der Waals surface area (Å²) < 4.78 is 4.90. The predicted molar refractivity (Wildman–Crippen MR) is 106 cm³/mol. The van der Waals surface area contributed by atoms with Crippen LogP contribution in [-0.2, 0) is 0 Å². The van der Waals surface area contributed by atoms with E-state index in [2.05, 4.69) is 54.6 Å². The van der Waals surface area contributed by atoms with Crippen LogP contribution < -0.4 is 4.65 Å². The zero-order valence-corrected chi connectivity index (χ0v) is 13.9. The summed E-state index contributed by atoms with van der Waals surface area (Å²) in [5, 5.41) is 25.4. The van der Waals surface area contributed by atoms with Gasteiger partial charge in [-0.2, -0.15) is 0 Å². The SMILES string of the molecule is OB(O)Oc1ccc(-c2ccc3ccc4cccc5ccc2c3c45)cc1. The number of benzene rings is 5. The molecular weight excluding hydrogens is 323 g/mol. The van der Waals surface area contributed by atoms with Gasteiger partial charge in [0.2, 0.25) is 0 Å². The molecule has 0 amide bonds. The van der Waals surface area contributed by atoms with Gasteiger partial charge in [-0.3, -0.25) is 0 Å². The van der Waals surface area contributed by atoms with Gasteiger partial charge in [-0.1, -0.05) is 66.7 Å². The standard InChI is InChI=1S/C22H15BO3/c24-23(25)26-18-10-6-14(7-11-18)19-12-8-17-5-4-15-2-1-3-16-9-13-20(19)22(17)21(15)16/h1-13,24-25H. The van der Waals surface area contributed by atoms with Gasteiger partial charge in [0, 0.05) is 0 Å². The van der Waals surface area contributed by atoms with Crippen molar-refractivity contribution >= 4 is 39.6 Å². The molecule has 0 bridgehead atoms. The molecule has 0 radical (unpaired) electrons. The monoisotopic (exact) mass is 338 g/mol. The lowest BCUT2D eigenvalue weighted by molar-refractivity contribution is 0.288. The van der Waals surface area contributed by atoms with Crippen LogP contribution in [0.3, 0.4) is 0 Å². The zero-order valence-electron chi connectivity index (χ0n) is 13.9. The van der Waals surface area contributed by atoms with E-state index in [4.69, 9.17) is 14.7 Å². The van der Waals surface area contributed by atoms with E-state index in [0.717, 1.165) is 11.1 Å². The molecule has 4 heteroatoms. The molecule has 0 aliphatic heterocycles. The molecule has 124 valence electrons. The van der Waals surface area contributed by atoms with E-state index in [-0.39, 0.29) is 0 Å². The molecule has 0 saturated carbocycles. The van der Waals surface area contributed by atoms with Gasteiger partial charge in [-0.25, -0.2) is 0 Å². The Balaban J connectivity index is 1.75. The molecule has 0 aromatic heterocycles. The molecule has 5 aromatic carbocycles. The van der Waals surface area contributed by atoms with Crippen molar-refractivity contribution in [3.63, 3.8) is 0 Å². The summed E-state index contributed by atoms with van der Waals surface area (Å²) in [5.41, 5.74) is 2.20. The van der Waals surface area contributed by atoms with Crippen molar-refractivity contribution in [3.8, 4) is 16.9 Å². The quantitative estimate of drug-likeness (QED) is 0.373. The van der Waals surface area contributed by atoms with Crippen LogP contribution in [0.25, 0.3) is 43.4 Å². The first-order valence-electron chi connectivity index (χ1n) is 8.50. The Hall–Kier alpha value is -3.08. The van der Waals surface area contributed by atoms with Gasteiger partial charge < -0.3 is 14.7 Å². The average Bonchev–Trinajstić information content (AvgIpc) is 2.66. The fourth-order valence-corrected chi connectivity index (χ4v) is 3.82. The Morgan fingerprint density at radius 2 is 1.23 bits per heavy atom. The van der Waals surface area contributed by atoms with Crippen LogP contribution in [0.15, 0.2) is 78.9 Å². The first kappa shape index (κ1) is 15.2. The molecule has 0 spiro atoms. The molecule has 0 unspecified atom stereocenters. The fourth-order valence-electron chi connectivity index (χ4n) is 3.82. The zero-order chi connectivity index (χ0) is 17.7. The van der Waals surface area contributed by atoms with Crippen LogP contribution in [0.4, 0.5) is 0 Å². The summed E-state index contributed by atoms with van der Waals surface area (Å²) in [6.07, 6.45) is 0. The molecular formula is C22H15BO3. The van der Waals surface area contributed by atoms with Gasteiger partial charge in [-0.05, 0) is 55.6 Å². The maximum absolute atomic E-state index is 8.92. The topological polar surface area (TPSA) is 49.7 Å². The molecule has 0 aliphatic carbocycles. The van der Waals surface area contributed by atoms with Crippen molar-refractivity contribution in [1.82, 2.24) is 0 Å². The van der Waals surface area contributed by atoms with Crippen LogP contribution >= 0.6 is 0 Å². The molecule has 0 saturated heterocycles. The van der Waals surface area contributed by atoms with E-state index in [1.54, 1.807) is 12.1 Å². The third-order valence-electron chi connectivity index (χ3n) is 4.94. The first-order chi connectivity index (χ1) is 12.7. The van der Waals surface area contributed by atoms with Crippen molar-refractivity contribution in [2.24, 2.45) is 0 Å². The number of hydrogen-bond acceptors (Lipinski definition) is 3.